The van der Waals surface area contributed by atoms with Crippen LogP contribution in [0.3, 0.4) is 0 Å². The zero-order chi connectivity index (χ0) is 13.3. The van der Waals surface area contributed by atoms with Gasteiger partial charge in [-0.05, 0) is 40.5 Å². The number of carbonyl (C=O) groups is 1. The molecule has 0 saturated carbocycles. The highest BCUT2D eigenvalue weighted by Gasteiger charge is 2.10. The van der Waals surface area contributed by atoms with Crippen LogP contribution in [0.2, 0.25) is 0 Å². The third kappa shape index (κ3) is 2.44. The van der Waals surface area contributed by atoms with Crippen molar-refractivity contribution in [1.82, 2.24) is 9.78 Å². The first-order chi connectivity index (χ1) is 8.49. The topological polar surface area (TPSA) is 81.1 Å². The van der Waals surface area contributed by atoms with Crippen LogP contribution in [-0.2, 0) is 0 Å². The lowest BCUT2D eigenvalue weighted by Gasteiger charge is -2.09. The van der Waals surface area contributed by atoms with Gasteiger partial charge in [-0.2, -0.15) is 5.10 Å². The van der Waals surface area contributed by atoms with Gasteiger partial charge in [0.15, 0.2) is 0 Å². The van der Waals surface area contributed by atoms with Crippen molar-refractivity contribution in [3.05, 3.63) is 46.2 Å². The molecule has 1 amide bonds. The molecule has 0 bridgehead atoms. The monoisotopic (exact) mass is 309 g/mol. The second-order valence-electron chi connectivity index (χ2n) is 3.92. The fourth-order valence-corrected chi connectivity index (χ4v) is 2.13. The Hall–Kier alpha value is -1.66. The van der Waals surface area contributed by atoms with E-state index in [4.69, 9.17) is 5.73 Å². The number of nitrogens with two attached hydrogens (primary N) is 1. The van der Waals surface area contributed by atoms with E-state index in [2.05, 4.69) is 21.0 Å². The Morgan fingerprint density at radius 1 is 1.56 bits per heavy atom. The zero-order valence-electron chi connectivity index (χ0n) is 9.67. The summed E-state index contributed by atoms with van der Waals surface area (Å²) < 4.78 is 2.33. The van der Waals surface area contributed by atoms with E-state index >= 15 is 0 Å². The standard InChI is InChI=1S/C12H12BrN3O2/c1-7(17)8-2-3-11(10(13)4-8)16-6-9(5-15-16)12(14)18/h2-7,17H,1H3,(H2,14,18)/t7-/m0/s1. The maximum Gasteiger partial charge on any atom is 0.251 e. The molecule has 1 heterocycles. The minimum absolute atomic E-state index is 0.349. The van der Waals surface area contributed by atoms with Gasteiger partial charge < -0.3 is 10.8 Å². The maximum absolute atomic E-state index is 11.0. The van der Waals surface area contributed by atoms with E-state index in [9.17, 15) is 9.90 Å². The summed E-state index contributed by atoms with van der Waals surface area (Å²) in [6.45, 7) is 1.69. The Balaban J connectivity index is 2.41. The Morgan fingerprint density at radius 3 is 2.78 bits per heavy atom. The van der Waals surface area contributed by atoms with Gasteiger partial charge in [-0.1, -0.05) is 6.07 Å². The summed E-state index contributed by atoms with van der Waals surface area (Å²) in [4.78, 5) is 11.0. The predicted octanol–water partition coefficient (Wildman–Crippen LogP) is 1.79. The van der Waals surface area contributed by atoms with Crippen LogP contribution in [0.5, 0.6) is 0 Å². The van der Waals surface area contributed by atoms with E-state index in [0.717, 1.165) is 15.7 Å². The number of benzene rings is 1. The summed E-state index contributed by atoms with van der Waals surface area (Å²) in [5.41, 5.74) is 7.09. The highest BCUT2D eigenvalue weighted by Crippen LogP contribution is 2.25. The lowest BCUT2D eigenvalue weighted by molar-refractivity contribution is 0.100. The first-order valence-corrected chi connectivity index (χ1v) is 6.10. The lowest BCUT2D eigenvalue weighted by atomic mass is 10.1. The first-order valence-electron chi connectivity index (χ1n) is 5.31. The molecule has 0 aliphatic heterocycles. The average molecular weight is 310 g/mol. The SMILES string of the molecule is C[C@H](O)c1ccc(-n2cc(C(N)=O)cn2)c(Br)c1. The Kier molecular flexibility index (Phi) is 3.49. The van der Waals surface area contributed by atoms with E-state index in [-0.39, 0.29) is 0 Å². The van der Waals surface area contributed by atoms with E-state index in [1.807, 2.05) is 12.1 Å². The summed E-state index contributed by atoms with van der Waals surface area (Å²) in [7, 11) is 0. The third-order valence-corrected chi connectivity index (χ3v) is 3.20. The Labute approximate surface area is 112 Å². The molecule has 2 rings (SSSR count). The minimum Gasteiger partial charge on any atom is -0.389 e. The van der Waals surface area contributed by atoms with Gasteiger partial charge in [-0.3, -0.25) is 4.79 Å². The van der Waals surface area contributed by atoms with Crippen LogP contribution in [0.15, 0.2) is 35.1 Å². The Morgan fingerprint density at radius 2 is 2.28 bits per heavy atom. The van der Waals surface area contributed by atoms with Gasteiger partial charge >= 0.3 is 0 Å². The largest absolute Gasteiger partial charge is 0.389 e. The number of amides is 1. The lowest BCUT2D eigenvalue weighted by Crippen LogP contribution is -2.09. The van der Waals surface area contributed by atoms with Crippen molar-refractivity contribution in [2.45, 2.75) is 13.0 Å². The number of primary amides is 1. The summed E-state index contributed by atoms with van der Waals surface area (Å²) in [6, 6.07) is 5.42. The molecule has 6 heteroatoms. The van der Waals surface area contributed by atoms with Gasteiger partial charge in [0.2, 0.25) is 0 Å². The summed E-state index contributed by atoms with van der Waals surface area (Å²) in [5.74, 6) is -0.516. The molecule has 3 N–H and O–H groups in total. The van der Waals surface area contributed by atoms with Gasteiger partial charge in [-0.15, -0.1) is 0 Å². The molecule has 18 heavy (non-hydrogen) atoms. The number of rotatable bonds is 3. The van der Waals surface area contributed by atoms with Gasteiger partial charge in [-0.25, -0.2) is 4.68 Å². The fourth-order valence-electron chi connectivity index (χ4n) is 1.55. The average Bonchev–Trinajstić information content (AvgIpc) is 2.78. The van der Waals surface area contributed by atoms with Gasteiger partial charge in [0, 0.05) is 10.7 Å². The predicted molar refractivity (Wildman–Crippen MR) is 70.4 cm³/mol. The molecule has 0 fully saturated rings. The van der Waals surface area contributed by atoms with Crippen LogP contribution < -0.4 is 5.73 Å². The summed E-state index contributed by atoms with van der Waals surface area (Å²) in [6.07, 6.45) is 2.44. The quantitative estimate of drug-likeness (QED) is 0.907. The van der Waals surface area contributed by atoms with Crippen LogP contribution in [0.1, 0.15) is 28.9 Å². The number of hydrogen-bond acceptors (Lipinski definition) is 3. The molecule has 0 aliphatic rings. The van der Waals surface area contributed by atoms with Crippen LogP contribution in [0, 0.1) is 0 Å². The molecular weight excluding hydrogens is 298 g/mol. The van der Waals surface area contributed by atoms with Gasteiger partial charge in [0.25, 0.3) is 5.91 Å². The second kappa shape index (κ2) is 4.91. The number of hydrogen-bond donors (Lipinski definition) is 2. The van der Waals surface area contributed by atoms with Crippen molar-refractivity contribution >= 4 is 21.8 Å². The number of carbonyl (C=O) groups excluding carboxylic acids is 1. The van der Waals surface area contributed by atoms with Crippen LogP contribution in [-0.4, -0.2) is 20.8 Å². The van der Waals surface area contributed by atoms with Crippen molar-refractivity contribution < 1.29 is 9.90 Å². The molecular formula is C12H12BrN3O2. The maximum atomic E-state index is 11.0. The zero-order valence-corrected chi connectivity index (χ0v) is 11.3. The number of nitrogens with zero attached hydrogens (tertiary/aromatic N) is 2. The number of halogens is 1. The molecule has 0 spiro atoms. The second-order valence-corrected chi connectivity index (χ2v) is 4.78. The molecule has 0 saturated heterocycles. The molecule has 1 aromatic carbocycles. The van der Waals surface area contributed by atoms with Crippen molar-refractivity contribution in [3.8, 4) is 5.69 Å². The Bertz CT molecular complexity index is 593. The van der Waals surface area contributed by atoms with Crippen molar-refractivity contribution in [3.63, 3.8) is 0 Å². The third-order valence-electron chi connectivity index (χ3n) is 2.57. The number of aromatic nitrogens is 2. The molecule has 1 atom stereocenters. The van der Waals surface area contributed by atoms with Crippen molar-refractivity contribution in [2.75, 3.05) is 0 Å². The summed E-state index contributed by atoms with van der Waals surface area (Å²) in [5, 5.41) is 13.5. The molecule has 0 aliphatic carbocycles. The normalized spacial score (nSPS) is 12.4. The van der Waals surface area contributed by atoms with Crippen molar-refractivity contribution in [2.24, 2.45) is 5.73 Å². The highest BCUT2D eigenvalue weighted by molar-refractivity contribution is 9.10. The van der Waals surface area contributed by atoms with Crippen LogP contribution >= 0.6 is 15.9 Å². The van der Waals surface area contributed by atoms with E-state index < -0.39 is 12.0 Å². The molecule has 0 radical (unpaired) electrons. The minimum atomic E-state index is -0.533. The smallest absolute Gasteiger partial charge is 0.251 e. The highest BCUT2D eigenvalue weighted by atomic mass is 79.9. The molecule has 5 nitrogen and oxygen atoms in total. The number of aliphatic hydroxyl groups excluding tert-OH is 1. The van der Waals surface area contributed by atoms with Crippen LogP contribution in [0.4, 0.5) is 0 Å². The molecule has 1 aromatic heterocycles. The van der Waals surface area contributed by atoms with Crippen molar-refractivity contribution in [1.29, 1.82) is 0 Å². The summed E-state index contributed by atoms with van der Waals surface area (Å²) >= 11 is 3.41. The van der Waals surface area contributed by atoms with Gasteiger partial charge in [0.1, 0.15) is 0 Å². The molecule has 2 aromatic rings. The molecule has 94 valence electrons. The van der Waals surface area contributed by atoms with E-state index in [0.29, 0.717) is 5.56 Å². The van der Waals surface area contributed by atoms with Gasteiger partial charge in [0.05, 0.1) is 23.6 Å². The first kappa shape index (κ1) is 12.8. The van der Waals surface area contributed by atoms with E-state index in [1.54, 1.807) is 23.9 Å². The molecule has 0 unspecified atom stereocenters. The van der Waals surface area contributed by atoms with E-state index in [1.165, 1.54) is 6.20 Å². The fraction of sp³-hybridized carbons (Fsp3) is 0.167. The number of aliphatic hydroxyl groups is 1. The van der Waals surface area contributed by atoms with Crippen LogP contribution in [0.25, 0.3) is 5.69 Å².